The van der Waals surface area contributed by atoms with E-state index >= 15 is 4.39 Å². The number of halogens is 8. The van der Waals surface area contributed by atoms with E-state index in [0.29, 0.717) is 12.1 Å². The Balaban J connectivity index is 1.74. The Morgan fingerprint density at radius 2 is 1.71 bits per heavy atom. The van der Waals surface area contributed by atoms with Crippen LogP contribution in [0.1, 0.15) is 5.69 Å². The van der Waals surface area contributed by atoms with Crippen molar-refractivity contribution in [2.24, 2.45) is 0 Å². The zero-order chi connectivity index (χ0) is 25.1. The fraction of sp³-hybridized carbons (Fsp3) is 0.0952. The first-order valence-electron chi connectivity index (χ1n) is 9.55. The number of rotatable bonds is 3. The van der Waals surface area contributed by atoms with Crippen LogP contribution in [0.2, 0.25) is 0 Å². The highest BCUT2D eigenvalue weighted by atomic mass is 19.4. The van der Waals surface area contributed by atoms with Crippen molar-refractivity contribution in [3.8, 4) is 28.3 Å². The molecular formula is C21H9F8N5O. The molecule has 0 aliphatic heterocycles. The van der Waals surface area contributed by atoms with Gasteiger partial charge < -0.3 is 4.74 Å². The Morgan fingerprint density at radius 3 is 2.43 bits per heavy atom. The van der Waals surface area contributed by atoms with Crippen molar-refractivity contribution in [3.05, 3.63) is 66.3 Å². The number of fused-ring (bicyclic) bond motifs is 2. The van der Waals surface area contributed by atoms with Crippen LogP contribution < -0.4 is 4.74 Å². The van der Waals surface area contributed by atoms with Crippen LogP contribution in [-0.4, -0.2) is 30.9 Å². The summed E-state index contributed by atoms with van der Waals surface area (Å²) in [5, 5.41) is 6.11. The van der Waals surface area contributed by atoms with Gasteiger partial charge in [-0.15, -0.1) is 13.2 Å². The van der Waals surface area contributed by atoms with Crippen molar-refractivity contribution in [2.75, 3.05) is 0 Å². The fourth-order valence-corrected chi connectivity index (χ4v) is 3.59. The summed E-state index contributed by atoms with van der Waals surface area (Å²) >= 11 is 0. The minimum absolute atomic E-state index is 0.0627. The van der Waals surface area contributed by atoms with E-state index in [1.807, 2.05) is 0 Å². The summed E-state index contributed by atoms with van der Waals surface area (Å²) in [6, 6.07) is 4.89. The molecule has 0 atom stereocenters. The molecule has 0 fully saturated rings. The Bertz CT molecular complexity index is 1580. The van der Waals surface area contributed by atoms with Crippen LogP contribution in [0.5, 0.6) is 5.75 Å². The highest BCUT2D eigenvalue weighted by Gasteiger charge is 2.39. The largest absolute Gasteiger partial charge is 0.573 e. The molecule has 0 radical (unpaired) electrons. The van der Waals surface area contributed by atoms with Crippen LogP contribution in [0.3, 0.4) is 0 Å². The SMILES string of the molecule is Fc1ccc(-c2cn3c(-c4ccc5[nH]ncc5c4F)c(C(F)(F)F)nc3cn2)cc1OC(F)(F)F. The summed E-state index contributed by atoms with van der Waals surface area (Å²) < 4.78 is 113. The van der Waals surface area contributed by atoms with Crippen molar-refractivity contribution in [3.63, 3.8) is 0 Å². The van der Waals surface area contributed by atoms with Crippen molar-refractivity contribution in [1.29, 1.82) is 0 Å². The van der Waals surface area contributed by atoms with Crippen LogP contribution in [0, 0.1) is 11.6 Å². The number of ether oxygens (including phenoxy) is 1. The number of H-pyrrole nitrogens is 1. The molecule has 0 spiro atoms. The van der Waals surface area contributed by atoms with Gasteiger partial charge in [0.25, 0.3) is 0 Å². The molecule has 0 amide bonds. The van der Waals surface area contributed by atoms with E-state index in [1.165, 1.54) is 6.07 Å². The number of imidazole rings is 1. The second kappa shape index (κ2) is 7.65. The number of aromatic nitrogens is 5. The van der Waals surface area contributed by atoms with Gasteiger partial charge >= 0.3 is 12.5 Å². The van der Waals surface area contributed by atoms with Crippen molar-refractivity contribution >= 4 is 16.6 Å². The highest BCUT2D eigenvalue weighted by molar-refractivity contribution is 5.85. The van der Waals surface area contributed by atoms with E-state index in [0.717, 1.165) is 35.1 Å². The maximum Gasteiger partial charge on any atom is 0.573 e. The van der Waals surface area contributed by atoms with Gasteiger partial charge in [-0.2, -0.15) is 18.3 Å². The first kappa shape index (κ1) is 22.6. The van der Waals surface area contributed by atoms with Crippen LogP contribution in [0.25, 0.3) is 39.1 Å². The Kier molecular flexibility index (Phi) is 4.93. The van der Waals surface area contributed by atoms with Crippen molar-refractivity contribution in [1.82, 2.24) is 24.6 Å². The van der Waals surface area contributed by atoms with Crippen LogP contribution in [0.4, 0.5) is 35.1 Å². The molecule has 1 N–H and O–H groups in total. The van der Waals surface area contributed by atoms with E-state index in [9.17, 15) is 30.7 Å². The van der Waals surface area contributed by atoms with Gasteiger partial charge in [-0.05, 0) is 30.3 Å². The highest BCUT2D eigenvalue weighted by Crippen LogP contribution is 2.40. The molecule has 3 heterocycles. The zero-order valence-corrected chi connectivity index (χ0v) is 16.8. The number of benzene rings is 2. The van der Waals surface area contributed by atoms with Gasteiger partial charge in [0.15, 0.2) is 22.9 Å². The van der Waals surface area contributed by atoms with Gasteiger partial charge in [0.2, 0.25) is 0 Å². The molecule has 14 heteroatoms. The Morgan fingerprint density at radius 1 is 0.943 bits per heavy atom. The van der Waals surface area contributed by atoms with Crippen molar-refractivity contribution < 1.29 is 39.9 Å². The minimum Gasteiger partial charge on any atom is -0.403 e. The summed E-state index contributed by atoms with van der Waals surface area (Å²) in [4.78, 5) is 7.46. The smallest absolute Gasteiger partial charge is 0.403 e. The van der Waals surface area contributed by atoms with Crippen LogP contribution in [-0.2, 0) is 6.18 Å². The fourth-order valence-electron chi connectivity index (χ4n) is 3.59. The van der Waals surface area contributed by atoms with E-state index in [-0.39, 0.29) is 27.8 Å². The molecule has 0 unspecified atom stereocenters. The topological polar surface area (TPSA) is 68.1 Å². The summed E-state index contributed by atoms with van der Waals surface area (Å²) in [7, 11) is 0. The molecular weight excluding hydrogens is 490 g/mol. The number of alkyl halides is 6. The quantitative estimate of drug-likeness (QED) is 0.303. The van der Waals surface area contributed by atoms with E-state index < -0.39 is 46.9 Å². The maximum atomic E-state index is 15.2. The lowest BCUT2D eigenvalue weighted by Gasteiger charge is -2.12. The molecule has 0 aliphatic carbocycles. The van der Waals surface area contributed by atoms with Gasteiger partial charge in [-0.3, -0.25) is 14.5 Å². The van der Waals surface area contributed by atoms with E-state index in [4.69, 9.17) is 0 Å². The zero-order valence-electron chi connectivity index (χ0n) is 16.8. The van der Waals surface area contributed by atoms with Crippen LogP contribution in [0.15, 0.2) is 48.9 Å². The van der Waals surface area contributed by atoms with Gasteiger partial charge in [0.1, 0.15) is 5.82 Å². The predicted octanol–water partition coefficient (Wildman–Crippen LogP) is 6.14. The first-order chi connectivity index (χ1) is 16.4. The second-order valence-corrected chi connectivity index (χ2v) is 7.26. The van der Waals surface area contributed by atoms with Gasteiger partial charge in [-0.1, -0.05) is 0 Å². The van der Waals surface area contributed by atoms with Crippen molar-refractivity contribution in [2.45, 2.75) is 12.5 Å². The summed E-state index contributed by atoms with van der Waals surface area (Å²) in [6.07, 6.45) is -7.10. The molecule has 6 nitrogen and oxygen atoms in total. The molecule has 2 aromatic carbocycles. The lowest BCUT2D eigenvalue weighted by atomic mass is 10.1. The molecule has 180 valence electrons. The maximum absolute atomic E-state index is 15.2. The number of hydrogen-bond donors (Lipinski definition) is 1. The standard InChI is InChI=1S/C21H9F8N5O/c22-12-3-1-9(5-15(12)35-21(27,28)29)14-8-34-16(7-30-14)32-19(20(24,25)26)18(34)10-2-4-13-11(17(10)23)6-31-33-13/h1-8H,(H,31,33). The number of nitrogens with one attached hydrogen (secondary N) is 1. The summed E-state index contributed by atoms with van der Waals surface area (Å²) in [5.41, 5.74) is -2.83. The molecule has 0 aliphatic rings. The predicted molar refractivity (Wildman–Crippen MR) is 105 cm³/mol. The molecule has 0 saturated heterocycles. The Labute approximate surface area is 188 Å². The van der Waals surface area contributed by atoms with E-state index in [2.05, 4.69) is 24.9 Å². The average Bonchev–Trinajstić information content (AvgIpc) is 3.39. The van der Waals surface area contributed by atoms with Gasteiger partial charge in [0, 0.05) is 17.3 Å². The molecule has 5 aromatic rings. The minimum atomic E-state index is -5.18. The normalized spacial score (nSPS) is 12.6. The van der Waals surface area contributed by atoms with E-state index in [1.54, 1.807) is 0 Å². The number of nitrogens with zero attached hydrogens (tertiary/aromatic N) is 4. The third-order valence-electron chi connectivity index (χ3n) is 5.04. The summed E-state index contributed by atoms with van der Waals surface area (Å²) in [6.45, 7) is 0. The molecule has 3 aromatic heterocycles. The van der Waals surface area contributed by atoms with Gasteiger partial charge in [-0.25, -0.2) is 13.8 Å². The number of aromatic amines is 1. The third-order valence-corrected chi connectivity index (χ3v) is 5.04. The molecule has 0 bridgehead atoms. The molecule has 5 rings (SSSR count). The van der Waals surface area contributed by atoms with Crippen LogP contribution >= 0.6 is 0 Å². The third kappa shape index (κ3) is 4.00. The second-order valence-electron chi connectivity index (χ2n) is 7.26. The summed E-state index contributed by atoms with van der Waals surface area (Å²) in [5.74, 6) is -3.47. The van der Waals surface area contributed by atoms with Gasteiger partial charge in [0.05, 0.1) is 34.7 Å². The Hall–Kier alpha value is -4.23. The number of hydrogen-bond acceptors (Lipinski definition) is 4. The lowest BCUT2D eigenvalue weighted by molar-refractivity contribution is -0.275. The first-order valence-corrected chi connectivity index (χ1v) is 9.55. The molecule has 35 heavy (non-hydrogen) atoms. The average molecular weight is 499 g/mol. The molecule has 0 saturated carbocycles. The lowest BCUT2D eigenvalue weighted by Crippen LogP contribution is -2.18. The monoisotopic (exact) mass is 499 g/mol.